The third-order valence-electron chi connectivity index (χ3n) is 4.64. The molecule has 0 spiro atoms. The molecule has 2 heterocycles. The maximum Gasteiger partial charge on any atom is 0.242 e. The van der Waals surface area contributed by atoms with Crippen molar-refractivity contribution in [2.45, 2.75) is 37.6 Å². The van der Waals surface area contributed by atoms with Crippen molar-refractivity contribution in [2.75, 3.05) is 19.3 Å². The summed E-state index contributed by atoms with van der Waals surface area (Å²) < 4.78 is 25.2. The zero-order chi connectivity index (χ0) is 18.0. The van der Waals surface area contributed by atoms with Gasteiger partial charge in [0.1, 0.15) is 18.1 Å². The summed E-state index contributed by atoms with van der Waals surface area (Å²) >= 11 is 0. The van der Waals surface area contributed by atoms with Crippen LogP contribution in [0.15, 0.2) is 24.3 Å². The van der Waals surface area contributed by atoms with Crippen LogP contribution in [-0.4, -0.2) is 54.2 Å². The number of rotatable bonds is 5. The Morgan fingerprint density at radius 3 is 2.63 bits per heavy atom. The van der Waals surface area contributed by atoms with Gasteiger partial charge in [-0.05, 0) is 31.4 Å². The number of benzene rings is 1. The molecule has 2 aromatic rings. The van der Waals surface area contributed by atoms with Gasteiger partial charge < -0.3 is 15.2 Å². The largest absolute Gasteiger partial charge is 0.337 e. The van der Waals surface area contributed by atoms with Gasteiger partial charge >= 0.3 is 0 Å². The SMILES string of the molecule is CS(=O)(=O)Cc1nc2ccccc2n1CC(=O)N1CCCCC1CN.Cl.Cl. The van der Waals surface area contributed by atoms with Gasteiger partial charge in [0.15, 0.2) is 9.84 Å². The predicted molar refractivity (Wildman–Crippen MR) is 111 cm³/mol. The number of amides is 1. The first-order chi connectivity index (χ1) is 11.9. The highest BCUT2D eigenvalue weighted by atomic mass is 35.5. The van der Waals surface area contributed by atoms with Crippen LogP contribution in [0, 0.1) is 0 Å². The molecule has 1 saturated heterocycles. The number of carbonyl (C=O) groups is 1. The lowest BCUT2D eigenvalue weighted by molar-refractivity contribution is -0.135. The number of nitrogens with zero attached hydrogens (tertiary/aromatic N) is 3. The molecule has 0 aliphatic carbocycles. The topological polar surface area (TPSA) is 98.3 Å². The molecule has 1 aromatic heterocycles. The van der Waals surface area contributed by atoms with Crippen molar-refractivity contribution in [3.63, 3.8) is 0 Å². The second-order valence-electron chi connectivity index (χ2n) is 6.65. The molecule has 152 valence electrons. The van der Waals surface area contributed by atoms with Crippen molar-refractivity contribution in [3.8, 4) is 0 Å². The minimum atomic E-state index is -3.25. The van der Waals surface area contributed by atoms with E-state index in [1.807, 2.05) is 29.2 Å². The van der Waals surface area contributed by atoms with E-state index in [0.29, 0.717) is 24.4 Å². The van der Waals surface area contributed by atoms with E-state index in [2.05, 4.69) is 4.98 Å². The van der Waals surface area contributed by atoms with Crippen LogP contribution in [0.5, 0.6) is 0 Å². The standard InChI is InChI=1S/C17H24N4O3S.2ClH/c1-25(23,24)12-16-19-14-7-2-3-8-15(14)21(16)11-17(22)20-9-5-4-6-13(20)10-18;;/h2-3,7-8,13H,4-6,9-12,18H2,1H3;2*1H. The first kappa shape index (κ1) is 23.7. The number of halogens is 2. The molecule has 7 nitrogen and oxygen atoms in total. The number of likely N-dealkylation sites (tertiary alicyclic amines) is 1. The smallest absolute Gasteiger partial charge is 0.242 e. The monoisotopic (exact) mass is 436 g/mol. The molecule has 1 aliphatic rings. The van der Waals surface area contributed by atoms with E-state index in [9.17, 15) is 13.2 Å². The van der Waals surface area contributed by atoms with Crippen molar-refractivity contribution in [1.82, 2.24) is 14.5 Å². The molecule has 2 N–H and O–H groups in total. The maximum absolute atomic E-state index is 12.9. The van der Waals surface area contributed by atoms with Crippen LogP contribution >= 0.6 is 24.8 Å². The van der Waals surface area contributed by atoms with E-state index in [0.717, 1.165) is 24.8 Å². The van der Waals surface area contributed by atoms with Crippen LogP contribution in [0.2, 0.25) is 0 Å². The molecule has 0 saturated carbocycles. The molecule has 10 heteroatoms. The number of nitrogens with two attached hydrogens (primary N) is 1. The van der Waals surface area contributed by atoms with Crippen LogP contribution < -0.4 is 5.73 Å². The number of carbonyl (C=O) groups excluding carboxylic acids is 1. The van der Waals surface area contributed by atoms with Crippen molar-refractivity contribution in [1.29, 1.82) is 0 Å². The summed E-state index contributed by atoms with van der Waals surface area (Å²) in [6.45, 7) is 1.24. The molecular formula is C17H26Cl2N4O3S. The van der Waals surface area contributed by atoms with Gasteiger partial charge in [-0.2, -0.15) is 0 Å². The molecule has 1 aromatic carbocycles. The van der Waals surface area contributed by atoms with E-state index in [1.165, 1.54) is 6.26 Å². The Bertz CT molecular complexity index is 885. The highest BCUT2D eigenvalue weighted by Crippen LogP contribution is 2.20. The van der Waals surface area contributed by atoms with E-state index in [-0.39, 0.29) is 49.1 Å². The number of aromatic nitrogens is 2. The summed E-state index contributed by atoms with van der Waals surface area (Å²) in [7, 11) is -3.25. The third-order valence-corrected chi connectivity index (χ3v) is 5.42. The fourth-order valence-corrected chi connectivity index (χ4v) is 4.14. The van der Waals surface area contributed by atoms with E-state index in [4.69, 9.17) is 5.73 Å². The Morgan fingerprint density at radius 1 is 1.26 bits per heavy atom. The molecule has 1 aliphatic heterocycles. The summed E-state index contributed by atoms with van der Waals surface area (Å²) in [6, 6.07) is 7.46. The molecule has 1 fully saturated rings. The molecule has 27 heavy (non-hydrogen) atoms. The van der Waals surface area contributed by atoms with Crippen molar-refractivity contribution >= 4 is 51.6 Å². The van der Waals surface area contributed by atoms with Gasteiger partial charge in [-0.3, -0.25) is 4.79 Å². The second-order valence-corrected chi connectivity index (χ2v) is 8.79. The lowest BCUT2D eigenvalue weighted by atomic mass is 10.0. The lowest BCUT2D eigenvalue weighted by Gasteiger charge is -2.35. The van der Waals surface area contributed by atoms with E-state index < -0.39 is 9.84 Å². The van der Waals surface area contributed by atoms with Crippen molar-refractivity contribution in [2.24, 2.45) is 5.73 Å². The van der Waals surface area contributed by atoms with Crippen molar-refractivity contribution in [3.05, 3.63) is 30.1 Å². The number of piperidine rings is 1. The minimum absolute atomic E-state index is 0. The quantitative estimate of drug-likeness (QED) is 0.769. The number of hydrogen-bond acceptors (Lipinski definition) is 5. The average Bonchev–Trinajstić information content (AvgIpc) is 2.90. The number of imidazole rings is 1. The minimum Gasteiger partial charge on any atom is -0.337 e. The fraction of sp³-hybridized carbons (Fsp3) is 0.529. The van der Waals surface area contributed by atoms with Crippen LogP contribution in [0.4, 0.5) is 0 Å². The van der Waals surface area contributed by atoms with Gasteiger partial charge in [-0.1, -0.05) is 12.1 Å². The van der Waals surface area contributed by atoms with Gasteiger partial charge in [0.2, 0.25) is 5.91 Å². The molecule has 1 atom stereocenters. The second kappa shape index (κ2) is 9.73. The molecule has 1 amide bonds. The molecule has 1 unspecified atom stereocenters. The van der Waals surface area contributed by atoms with Crippen LogP contribution in [0.1, 0.15) is 25.1 Å². The van der Waals surface area contributed by atoms with Crippen molar-refractivity contribution < 1.29 is 13.2 Å². The first-order valence-corrected chi connectivity index (χ1v) is 10.6. The van der Waals surface area contributed by atoms with Crippen LogP contribution in [0.3, 0.4) is 0 Å². The zero-order valence-corrected chi connectivity index (χ0v) is 17.7. The van der Waals surface area contributed by atoms with Crippen LogP contribution in [-0.2, 0) is 26.9 Å². The fourth-order valence-electron chi connectivity index (χ4n) is 3.45. The highest BCUT2D eigenvalue weighted by molar-refractivity contribution is 7.89. The number of fused-ring (bicyclic) bond motifs is 1. The van der Waals surface area contributed by atoms with Gasteiger partial charge in [0.25, 0.3) is 0 Å². The number of para-hydroxylation sites is 2. The molecular weight excluding hydrogens is 411 g/mol. The number of hydrogen-bond donors (Lipinski definition) is 1. The summed E-state index contributed by atoms with van der Waals surface area (Å²) in [5, 5.41) is 0. The van der Waals surface area contributed by atoms with Gasteiger partial charge in [-0.25, -0.2) is 13.4 Å². The number of sulfone groups is 1. The van der Waals surface area contributed by atoms with E-state index >= 15 is 0 Å². The van der Waals surface area contributed by atoms with E-state index in [1.54, 1.807) is 4.57 Å². The molecule has 0 bridgehead atoms. The van der Waals surface area contributed by atoms with Gasteiger partial charge in [-0.15, -0.1) is 24.8 Å². The third kappa shape index (κ3) is 5.57. The Kier molecular flexibility index (Phi) is 8.53. The summed E-state index contributed by atoms with van der Waals surface area (Å²) in [5.74, 6) is 0.182. The van der Waals surface area contributed by atoms with Gasteiger partial charge in [0.05, 0.1) is 11.0 Å². The highest BCUT2D eigenvalue weighted by Gasteiger charge is 2.27. The Balaban J connectivity index is 0.00000182. The Hall–Kier alpha value is -1.35. The van der Waals surface area contributed by atoms with Crippen LogP contribution in [0.25, 0.3) is 11.0 Å². The summed E-state index contributed by atoms with van der Waals surface area (Å²) in [5.41, 5.74) is 7.29. The first-order valence-electron chi connectivity index (χ1n) is 8.50. The Labute approximate surface area is 172 Å². The van der Waals surface area contributed by atoms with Gasteiger partial charge in [0, 0.05) is 25.4 Å². The molecule has 0 radical (unpaired) electrons. The lowest BCUT2D eigenvalue weighted by Crippen LogP contribution is -2.48. The zero-order valence-electron chi connectivity index (χ0n) is 15.2. The summed E-state index contributed by atoms with van der Waals surface area (Å²) in [4.78, 5) is 19.1. The summed E-state index contributed by atoms with van der Waals surface area (Å²) in [6.07, 6.45) is 4.15. The molecule has 3 rings (SSSR count). The normalized spacial score (nSPS) is 17.3. The Morgan fingerprint density at radius 2 is 1.96 bits per heavy atom. The average molecular weight is 437 g/mol. The predicted octanol–water partition coefficient (Wildman–Crippen LogP) is 1.76. The maximum atomic E-state index is 12.9.